The highest BCUT2D eigenvalue weighted by Gasteiger charge is 2.22. The fourth-order valence-corrected chi connectivity index (χ4v) is 2.45. The van der Waals surface area contributed by atoms with E-state index in [0.29, 0.717) is 11.8 Å². The fourth-order valence-electron chi connectivity index (χ4n) is 2.45. The van der Waals surface area contributed by atoms with Crippen LogP contribution in [0.2, 0.25) is 0 Å². The number of nitrogens with one attached hydrogen (secondary N) is 2. The summed E-state index contributed by atoms with van der Waals surface area (Å²) in [6.07, 6.45) is 2.01. The van der Waals surface area contributed by atoms with Crippen LogP contribution in [0.1, 0.15) is 5.56 Å². The molecule has 0 aliphatic heterocycles. The summed E-state index contributed by atoms with van der Waals surface area (Å²) in [5.74, 6) is 1.17. The molecule has 0 fully saturated rings. The van der Waals surface area contributed by atoms with Crippen LogP contribution < -0.4 is 15.4 Å². The Bertz CT molecular complexity index is 784. The van der Waals surface area contributed by atoms with Gasteiger partial charge >= 0.3 is 11.6 Å². The Balaban J connectivity index is 2.14. The van der Waals surface area contributed by atoms with Gasteiger partial charge in [0.1, 0.15) is 0 Å². The largest absolute Gasteiger partial charge is 0.343 e. The molecule has 0 bridgehead atoms. The maximum atomic E-state index is 5.06. The first-order chi connectivity index (χ1) is 10.7. The van der Waals surface area contributed by atoms with Crippen LogP contribution >= 0.6 is 0 Å². The summed E-state index contributed by atoms with van der Waals surface area (Å²) >= 11 is 0. The van der Waals surface area contributed by atoms with Crippen molar-refractivity contribution in [1.82, 2.24) is 14.5 Å². The number of aryl methyl sites for hydroxylation is 1. The second kappa shape index (κ2) is 5.98. The van der Waals surface area contributed by atoms with Gasteiger partial charge in [-0.2, -0.15) is 4.98 Å². The first kappa shape index (κ1) is 14.3. The highest BCUT2D eigenvalue weighted by molar-refractivity contribution is 5.82. The molecule has 1 aromatic carbocycles. The summed E-state index contributed by atoms with van der Waals surface area (Å²) in [5, 5.41) is 2.96. The molecule has 0 saturated carbocycles. The van der Waals surface area contributed by atoms with Crippen LogP contribution in [0.15, 0.2) is 36.7 Å². The van der Waals surface area contributed by atoms with Gasteiger partial charge in [0.15, 0.2) is 6.33 Å². The van der Waals surface area contributed by atoms with Crippen LogP contribution in [-0.4, -0.2) is 28.7 Å². The van der Waals surface area contributed by atoms with Crippen molar-refractivity contribution in [2.45, 2.75) is 6.54 Å². The number of fused-ring (bicyclic) bond motifs is 1. The molecular weight excluding hydrogens is 280 g/mol. The van der Waals surface area contributed by atoms with Crippen molar-refractivity contribution in [2.75, 3.05) is 25.0 Å². The summed E-state index contributed by atoms with van der Waals surface area (Å²) in [5.41, 5.74) is 5.77. The summed E-state index contributed by atoms with van der Waals surface area (Å²) in [6.45, 7) is 0.735. The van der Waals surface area contributed by atoms with Gasteiger partial charge in [-0.15, -0.1) is 0 Å². The van der Waals surface area contributed by atoms with Gasteiger partial charge in [-0.1, -0.05) is 35.3 Å². The molecule has 0 saturated heterocycles. The summed E-state index contributed by atoms with van der Waals surface area (Å²) in [4.78, 5) is 14.0. The average molecular weight is 299 g/mol. The first-order valence-electron chi connectivity index (χ1n) is 7.00. The third kappa shape index (κ3) is 2.58. The normalized spacial score (nSPS) is 10.9. The lowest BCUT2D eigenvalue weighted by atomic mass is 10.2. The van der Waals surface area contributed by atoms with E-state index in [-0.39, 0.29) is 0 Å². The Morgan fingerprint density at radius 3 is 2.68 bits per heavy atom. The van der Waals surface area contributed by atoms with Gasteiger partial charge in [0.25, 0.3) is 0 Å². The molecule has 0 aliphatic rings. The van der Waals surface area contributed by atoms with Gasteiger partial charge in [0.2, 0.25) is 11.3 Å². The summed E-state index contributed by atoms with van der Waals surface area (Å²) < 4.78 is 4.08. The number of hydrogen-bond donors (Lipinski definition) is 2. The lowest BCUT2D eigenvalue weighted by molar-refractivity contribution is -0.647. The minimum absolute atomic E-state index is 0.542. The quantitative estimate of drug-likeness (QED) is 0.549. The van der Waals surface area contributed by atoms with E-state index in [9.17, 15) is 0 Å². The van der Waals surface area contributed by atoms with Crippen molar-refractivity contribution in [1.29, 1.82) is 0 Å². The van der Waals surface area contributed by atoms with Crippen LogP contribution in [0.25, 0.3) is 11.2 Å². The molecule has 7 nitrogen and oxygen atoms in total. The van der Waals surface area contributed by atoms with E-state index < -0.39 is 0 Å². The highest BCUT2D eigenvalue weighted by atomic mass is 16.6. The summed E-state index contributed by atoms with van der Waals surface area (Å²) in [7, 11) is 5.32. The molecule has 0 radical (unpaired) electrons. The number of imidazole rings is 1. The van der Waals surface area contributed by atoms with Crippen LogP contribution in [-0.2, 0) is 18.4 Å². The van der Waals surface area contributed by atoms with E-state index >= 15 is 0 Å². The standard InChI is InChI=1S/C15H19N6O/c1-16-15-17-13(19-22-3)12-14(18-15)20(2)10-21(12)9-11-7-5-4-6-8-11/h4-8,10H,9H2,1-3H3,(H2,16,17,18,19)/q+1. The van der Waals surface area contributed by atoms with Gasteiger partial charge in [0, 0.05) is 7.05 Å². The number of hydrogen-bond acceptors (Lipinski definition) is 5. The lowest BCUT2D eigenvalue weighted by Gasteiger charge is -2.05. The molecule has 0 atom stereocenters. The van der Waals surface area contributed by atoms with E-state index in [0.717, 1.165) is 17.7 Å². The Labute approximate surface area is 128 Å². The molecule has 7 heteroatoms. The molecule has 22 heavy (non-hydrogen) atoms. The van der Waals surface area contributed by atoms with E-state index in [1.807, 2.05) is 36.1 Å². The van der Waals surface area contributed by atoms with Crippen LogP contribution in [0.3, 0.4) is 0 Å². The number of rotatable bonds is 5. The highest BCUT2D eigenvalue weighted by Crippen LogP contribution is 2.21. The average Bonchev–Trinajstić information content (AvgIpc) is 2.85. The van der Waals surface area contributed by atoms with Crippen molar-refractivity contribution in [3.63, 3.8) is 0 Å². The van der Waals surface area contributed by atoms with Gasteiger partial charge in [-0.25, -0.2) is 10.0 Å². The monoisotopic (exact) mass is 299 g/mol. The first-order valence-corrected chi connectivity index (χ1v) is 7.00. The second-order valence-corrected chi connectivity index (χ2v) is 4.96. The molecule has 0 unspecified atom stereocenters. The Morgan fingerprint density at radius 2 is 2.00 bits per heavy atom. The van der Waals surface area contributed by atoms with Gasteiger partial charge in [-0.05, 0) is 5.56 Å². The smallest absolute Gasteiger partial charge is 0.309 e. The predicted octanol–water partition coefficient (Wildman–Crippen LogP) is 1.32. The summed E-state index contributed by atoms with van der Waals surface area (Å²) in [6, 6.07) is 10.3. The number of nitrogens with zero attached hydrogens (tertiary/aromatic N) is 4. The lowest BCUT2D eigenvalue weighted by Crippen LogP contribution is -2.26. The molecule has 0 spiro atoms. The molecule has 3 rings (SSSR count). The van der Waals surface area contributed by atoms with Crippen molar-refractivity contribution in [3.8, 4) is 0 Å². The molecule has 2 N–H and O–H groups in total. The predicted molar refractivity (Wildman–Crippen MR) is 84.4 cm³/mol. The molecular formula is C15H19N6O+. The van der Waals surface area contributed by atoms with Crippen molar-refractivity contribution < 1.29 is 9.40 Å². The third-order valence-electron chi connectivity index (χ3n) is 3.42. The van der Waals surface area contributed by atoms with Gasteiger partial charge < -0.3 is 5.32 Å². The van der Waals surface area contributed by atoms with E-state index in [1.54, 1.807) is 14.2 Å². The molecule has 0 aliphatic carbocycles. The Hall–Kier alpha value is -2.67. The van der Waals surface area contributed by atoms with E-state index in [1.165, 1.54) is 5.56 Å². The third-order valence-corrected chi connectivity index (χ3v) is 3.42. The zero-order valence-electron chi connectivity index (χ0n) is 12.9. The van der Waals surface area contributed by atoms with E-state index in [4.69, 9.17) is 4.84 Å². The maximum Gasteiger partial charge on any atom is 0.309 e. The SMILES string of the molecule is CNc1nc(NOC)c2c(n1)[n+](C)cn2Cc1ccccc1. The Kier molecular flexibility index (Phi) is 3.88. The van der Waals surface area contributed by atoms with Gasteiger partial charge in [0.05, 0.1) is 20.7 Å². The van der Waals surface area contributed by atoms with Crippen LogP contribution in [0, 0.1) is 0 Å². The number of aromatic nitrogens is 4. The van der Waals surface area contributed by atoms with Crippen molar-refractivity contribution in [2.24, 2.45) is 7.05 Å². The second-order valence-electron chi connectivity index (χ2n) is 4.96. The van der Waals surface area contributed by atoms with E-state index in [2.05, 4.69) is 37.5 Å². The number of benzene rings is 1. The van der Waals surface area contributed by atoms with Crippen LogP contribution in [0.5, 0.6) is 0 Å². The molecule has 2 heterocycles. The van der Waals surface area contributed by atoms with Gasteiger partial charge in [-0.3, -0.25) is 9.40 Å². The zero-order valence-corrected chi connectivity index (χ0v) is 12.9. The minimum atomic E-state index is 0.542. The maximum absolute atomic E-state index is 5.06. The molecule has 114 valence electrons. The van der Waals surface area contributed by atoms with Crippen molar-refractivity contribution in [3.05, 3.63) is 42.2 Å². The van der Waals surface area contributed by atoms with Crippen LogP contribution in [0.4, 0.5) is 11.8 Å². The fraction of sp³-hybridized carbons (Fsp3) is 0.267. The Morgan fingerprint density at radius 1 is 1.23 bits per heavy atom. The number of anilines is 2. The zero-order chi connectivity index (χ0) is 15.5. The molecule has 2 aromatic heterocycles. The topological polar surface area (TPSA) is 67.9 Å². The minimum Gasteiger partial charge on any atom is -0.343 e. The van der Waals surface area contributed by atoms with Crippen molar-refractivity contribution >= 4 is 22.9 Å². The molecule has 3 aromatic rings. The molecule has 0 amide bonds.